The molecule has 0 spiro atoms. The highest BCUT2D eigenvalue weighted by atomic mass is 19.1. The third kappa shape index (κ3) is 4.68. The molecule has 0 radical (unpaired) electrons. The molecule has 0 bridgehead atoms. The molecule has 1 aliphatic rings. The van der Waals surface area contributed by atoms with Gasteiger partial charge in [0.05, 0.1) is 0 Å². The standard InChI is InChI=1S/C22H22FN5O/c23-18-3-5-19(6-4-18)27-10-12-28(13-11-27)20-7-9-25-21(14-20)22(29)26-16-17-2-1-8-24-15-17/h1-9,14-15H,10-13,16H2,(H,26,29). The van der Waals surface area contributed by atoms with Crippen molar-refractivity contribution in [2.45, 2.75) is 6.54 Å². The van der Waals surface area contributed by atoms with Crippen LogP contribution >= 0.6 is 0 Å². The van der Waals surface area contributed by atoms with Crippen molar-refractivity contribution in [1.29, 1.82) is 0 Å². The molecule has 1 saturated heterocycles. The van der Waals surface area contributed by atoms with Gasteiger partial charge in [-0.1, -0.05) is 6.07 Å². The predicted octanol–water partition coefficient (Wildman–Crippen LogP) is 2.87. The van der Waals surface area contributed by atoms with Crippen molar-refractivity contribution in [3.8, 4) is 0 Å². The van der Waals surface area contributed by atoms with Gasteiger partial charge in [0.25, 0.3) is 5.91 Å². The van der Waals surface area contributed by atoms with E-state index < -0.39 is 0 Å². The zero-order valence-corrected chi connectivity index (χ0v) is 16.0. The second-order valence-corrected chi connectivity index (χ2v) is 6.89. The summed E-state index contributed by atoms with van der Waals surface area (Å²) in [6, 6.07) is 14.1. The van der Waals surface area contributed by atoms with Crippen molar-refractivity contribution in [1.82, 2.24) is 15.3 Å². The summed E-state index contributed by atoms with van der Waals surface area (Å²) in [6.07, 6.45) is 5.09. The van der Waals surface area contributed by atoms with Crippen molar-refractivity contribution in [2.24, 2.45) is 0 Å². The van der Waals surface area contributed by atoms with Gasteiger partial charge >= 0.3 is 0 Å². The largest absolute Gasteiger partial charge is 0.368 e. The average molecular weight is 391 g/mol. The number of carbonyl (C=O) groups excluding carboxylic acids is 1. The molecule has 3 aromatic rings. The number of nitrogens with one attached hydrogen (secondary N) is 1. The Bertz CT molecular complexity index is 956. The highest BCUT2D eigenvalue weighted by molar-refractivity contribution is 5.93. The first-order valence-electron chi connectivity index (χ1n) is 9.58. The molecule has 29 heavy (non-hydrogen) atoms. The lowest BCUT2D eigenvalue weighted by molar-refractivity contribution is 0.0946. The quantitative estimate of drug-likeness (QED) is 0.725. The number of rotatable bonds is 5. The number of carbonyl (C=O) groups is 1. The molecule has 0 saturated carbocycles. The van der Waals surface area contributed by atoms with Gasteiger partial charge < -0.3 is 15.1 Å². The third-order valence-corrected chi connectivity index (χ3v) is 4.99. The molecule has 3 heterocycles. The molecule has 0 aliphatic carbocycles. The Morgan fingerprint density at radius 3 is 2.38 bits per heavy atom. The van der Waals surface area contributed by atoms with E-state index in [1.54, 1.807) is 18.6 Å². The highest BCUT2D eigenvalue weighted by Gasteiger charge is 2.19. The normalized spacial score (nSPS) is 14.0. The van der Waals surface area contributed by atoms with Crippen LogP contribution in [0.3, 0.4) is 0 Å². The van der Waals surface area contributed by atoms with Gasteiger partial charge in [-0.25, -0.2) is 4.39 Å². The first-order chi connectivity index (χ1) is 14.2. The van der Waals surface area contributed by atoms with Crippen molar-refractivity contribution in [3.63, 3.8) is 0 Å². The zero-order chi connectivity index (χ0) is 20.1. The predicted molar refractivity (Wildman–Crippen MR) is 110 cm³/mol. The van der Waals surface area contributed by atoms with E-state index in [-0.39, 0.29) is 11.7 Å². The van der Waals surface area contributed by atoms with Crippen molar-refractivity contribution in [3.05, 3.63) is 84.2 Å². The lowest BCUT2D eigenvalue weighted by Crippen LogP contribution is -2.46. The number of piperazine rings is 1. The van der Waals surface area contributed by atoms with E-state index in [2.05, 4.69) is 25.1 Å². The lowest BCUT2D eigenvalue weighted by Gasteiger charge is -2.37. The Kier molecular flexibility index (Phi) is 5.65. The number of anilines is 2. The van der Waals surface area contributed by atoms with Crippen molar-refractivity contribution in [2.75, 3.05) is 36.0 Å². The fourth-order valence-corrected chi connectivity index (χ4v) is 3.39. The highest BCUT2D eigenvalue weighted by Crippen LogP contribution is 2.21. The molecule has 6 nitrogen and oxygen atoms in total. The van der Waals surface area contributed by atoms with Gasteiger partial charge in [-0.3, -0.25) is 14.8 Å². The van der Waals surface area contributed by atoms with Crippen LogP contribution in [0.25, 0.3) is 0 Å². The van der Waals surface area contributed by atoms with Crippen LogP contribution in [0.5, 0.6) is 0 Å². The van der Waals surface area contributed by atoms with Crippen molar-refractivity contribution >= 4 is 17.3 Å². The van der Waals surface area contributed by atoms with Crippen LogP contribution in [0.2, 0.25) is 0 Å². The zero-order valence-electron chi connectivity index (χ0n) is 16.0. The minimum absolute atomic E-state index is 0.208. The number of benzene rings is 1. The smallest absolute Gasteiger partial charge is 0.270 e. The number of hydrogen-bond acceptors (Lipinski definition) is 5. The molecule has 1 fully saturated rings. The number of aromatic nitrogens is 2. The lowest BCUT2D eigenvalue weighted by atomic mass is 10.2. The Labute approximate surface area is 169 Å². The molecular formula is C22H22FN5O. The molecule has 0 unspecified atom stereocenters. The summed E-state index contributed by atoms with van der Waals surface area (Å²) in [5, 5.41) is 2.88. The molecule has 1 aliphatic heterocycles. The van der Waals surface area contributed by atoms with E-state index in [0.29, 0.717) is 12.2 Å². The van der Waals surface area contributed by atoms with E-state index in [1.165, 1.54) is 12.1 Å². The Morgan fingerprint density at radius 2 is 1.69 bits per heavy atom. The van der Waals surface area contributed by atoms with E-state index in [0.717, 1.165) is 43.1 Å². The van der Waals surface area contributed by atoms with Gasteiger partial charge in [0.2, 0.25) is 0 Å². The number of nitrogens with zero attached hydrogens (tertiary/aromatic N) is 4. The Hall–Kier alpha value is -3.48. The van der Waals surface area contributed by atoms with E-state index in [9.17, 15) is 9.18 Å². The summed E-state index contributed by atoms with van der Waals surface area (Å²) in [5.41, 5.74) is 3.34. The molecule has 2 aromatic heterocycles. The maximum atomic E-state index is 13.1. The molecule has 0 atom stereocenters. The van der Waals surface area contributed by atoms with Crippen LogP contribution in [0.4, 0.5) is 15.8 Å². The van der Waals surface area contributed by atoms with Gasteiger partial charge in [0.15, 0.2) is 0 Å². The summed E-state index contributed by atoms with van der Waals surface area (Å²) in [5.74, 6) is -0.431. The van der Waals surface area contributed by atoms with Crippen LogP contribution in [-0.4, -0.2) is 42.1 Å². The minimum atomic E-state index is -0.224. The maximum absolute atomic E-state index is 13.1. The SMILES string of the molecule is O=C(NCc1cccnc1)c1cc(N2CCN(c3ccc(F)cc3)CC2)ccn1. The molecule has 1 aromatic carbocycles. The van der Waals surface area contributed by atoms with E-state index in [4.69, 9.17) is 0 Å². The Balaban J connectivity index is 1.36. The number of pyridine rings is 2. The summed E-state index contributed by atoms with van der Waals surface area (Å²) < 4.78 is 13.1. The molecule has 148 valence electrons. The first kappa shape index (κ1) is 18.9. The summed E-state index contributed by atoms with van der Waals surface area (Å²) in [4.78, 5) is 25.2. The molecular weight excluding hydrogens is 369 g/mol. The number of amides is 1. The van der Waals surface area contributed by atoms with Gasteiger partial charge in [-0.15, -0.1) is 0 Å². The maximum Gasteiger partial charge on any atom is 0.270 e. The number of hydrogen-bond donors (Lipinski definition) is 1. The number of halogens is 1. The molecule has 7 heteroatoms. The average Bonchev–Trinajstić information content (AvgIpc) is 2.79. The van der Waals surface area contributed by atoms with Crippen LogP contribution in [0, 0.1) is 5.82 Å². The third-order valence-electron chi connectivity index (χ3n) is 4.99. The van der Waals surface area contributed by atoms with E-state index >= 15 is 0 Å². The monoisotopic (exact) mass is 391 g/mol. The van der Waals surface area contributed by atoms with Gasteiger partial charge in [-0.2, -0.15) is 0 Å². The fourth-order valence-electron chi connectivity index (χ4n) is 3.39. The summed E-state index contributed by atoms with van der Waals surface area (Å²) in [7, 11) is 0. The first-order valence-corrected chi connectivity index (χ1v) is 9.58. The fraction of sp³-hybridized carbons (Fsp3) is 0.227. The van der Waals surface area contributed by atoms with Crippen molar-refractivity contribution < 1.29 is 9.18 Å². The second kappa shape index (κ2) is 8.68. The second-order valence-electron chi connectivity index (χ2n) is 6.89. The van der Waals surface area contributed by atoms with Crippen LogP contribution in [0.15, 0.2) is 67.1 Å². The van der Waals surface area contributed by atoms with Gasteiger partial charge in [-0.05, 0) is 48.0 Å². The van der Waals surface area contributed by atoms with Gasteiger partial charge in [0.1, 0.15) is 11.5 Å². The molecule has 1 amide bonds. The molecule has 1 N–H and O–H groups in total. The van der Waals surface area contributed by atoms with E-state index in [1.807, 2.05) is 36.4 Å². The summed E-state index contributed by atoms with van der Waals surface area (Å²) in [6.45, 7) is 3.71. The van der Waals surface area contributed by atoms with Crippen LogP contribution < -0.4 is 15.1 Å². The van der Waals surface area contributed by atoms with Crippen LogP contribution in [0.1, 0.15) is 16.1 Å². The Morgan fingerprint density at radius 1 is 0.966 bits per heavy atom. The summed E-state index contributed by atoms with van der Waals surface area (Å²) >= 11 is 0. The molecule has 4 rings (SSSR count). The van der Waals surface area contributed by atoms with Gasteiger partial charge in [0, 0.05) is 62.7 Å². The van der Waals surface area contributed by atoms with Crippen LogP contribution in [-0.2, 0) is 6.54 Å². The minimum Gasteiger partial charge on any atom is -0.368 e. The topological polar surface area (TPSA) is 61.4 Å².